The van der Waals surface area contributed by atoms with Gasteiger partial charge in [0.1, 0.15) is 0 Å². The van der Waals surface area contributed by atoms with E-state index in [1.165, 1.54) is 0 Å². The standard InChI is InChI=1S/C14H17NO2/c1-3-17-13(16)9-10-14(2,11-15)12-7-5-4-6-8-12/h4-8H,3,9-10H2,1-2H3/t14-/m1/s1. The molecular formula is C14H17NO2. The molecule has 0 amide bonds. The highest BCUT2D eigenvalue weighted by Crippen LogP contribution is 2.28. The van der Waals surface area contributed by atoms with Crippen LogP contribution < -0.4 is 0 Å². The van der Waals surface area contributed by atoms with Crippen LogP contribution in [0, 0.1) is 11.3 Å². The number of carbonyl (C=O) groups excluding carboxylic acids is 1. The molecule has 17 heavy (non-hydrogen) atoms. The average Bonchev–Trinajstić information content (AvgIpc) is 2.37. The predicted octanol–water partition coefficient (Wildman–Crippen LogP) is 2.81. The molecule has 0 saturated carbocycles. The quantitative estimate of drug-likeness (QED) is 0.732. The molecule has 0 bridgehead atoms. The predicted molar refractivity (Wildman–Crippen MR) is 65.3 cm³/mol. The Labute approximate surface area is 102 Å². The molecule has 0 N–H and O–H groups in total. The number of nitriles is 1. The summed E-state index contributed by atoms with van der Waals surface area (Å²) in [5.74, 6) is -0.245. The zero-order chi connectivity index (χ0) is 12.7. The van der Waals surface area contributed by atoms with Crippen molar-refractivity contribution in [3.63, 3.8) is 0 Å². The van der Waals surface area contributed by atoms with E-state index in [9.17, 15) is 10.1 Å². The lowest BCUT2D eigenvalue weighted by molar-refractivity contribution is -0.143. The third kappa shape index (κ3) is 3.60. The second-order valence-corrected chi connectivity index (χ2v) is 4.11. The Morgan fingerprint density at radius 1 is 1.41 bits per heavy atom. The molecule has 3 nitrogen and oxygen atoms in total. The summed E-state index contributed by atoms with van der Waals surface area (Å²) in [7, 11) is 0. The van der Waals surface area contributed by atoms with E-state index < -0.39 is 5.41 Å². The summed E-state index contributed by atoms with van der Waals surface area (Å²) in [6.07, 6.45) is 0.749. The Bertz CT molecular complexity index is 408. The molecule has 0 fully saturated rings. The normalized spacial score (nSPS) is 13.5. The third-order valence-electron chi connectivity index (χ3n) is 2.79. The number of esters is 1. The number of hydrogen-bond donors (Lipinski definition) is 0. The average molecular weight is 231 g/mol. The van der Waals surface area contributed by atoms with Crippen molar-refractivity contribution in [3.8, 4) is 6.07 Å². The van der Waals surface area contributed by atoms with Crippen LogP contribution in [0.3, 0.4) is 0 Å². The number of benzene rings is 1. The van der Waals surface area contributed by atoms with Crippen LogP contribution in [0.5, 0.6) is 0 Å². The van der Waals surface area contributed by atoms with Gasteiger partial charge in [-0.15, -0.1) is 0 Å². The van der Waals surface area contributed by atoms with Crippen molar-refractivity contribution in [2.24, 2.45) is 0 Å². The van der Waals surface area contributed by atoms with Crippen LogP contribution >= 0.6 is 0 Å². The van der Waals surface area contributed by atoms with Crippen molar-refractivity contribution >= 4 is 5.97 Å². The Hall–Kier alpha value is -1.82. The van der Waals surface area contributed by atoms with Gasteiger partial charge in [-0.2, -0.15) is 5.26 Å². The summed E-state index contributed by atoms with van der Waals surface area (Å²) < 4.78 is 4.87. The van der Waals surface area contributed by atoms with Gasteiger partial charge >= 0.3 is 5.97 Å². The van der Waals surface area contributed by atoms with Crippen molar-refractivity contribution in [2.45, 2.75) is 32.1 Å². The van der Waals surface area contributed by atoms with Crippen molar-refractivity contribution in [3.05, 3.63) is 35.9 Å². The van der Waals surface area contributed by atoms with Crippen LogP contribution in [0.4, 0.5) is 0 Å². The van der Waals surface area contributed by atoms with E-state index in [1.807, 2.05) is 37.3 Å². The zero-order valence-corrected chi connectivity index (χ0v) is 10.3. The molecule has 1 aromatic carbocycles. The van der Waals surface area contributed by atoms with E-state index >= 15 is 0 Å². The molecule has 0 spiro atoms. The minimum atomic E-state index is -0.631. The van der Waals surface area contributed by atoms with Gasteiger partial charge in [-0.1, -0.05) is 30.3 Å². The number of rotatable bonds is 5. The first-order valence-corrected chi connectivity index (χ1v) is 5.75. The maximum Gasteiger partial charge on any atom is 0.305 e. The van der Waals surface area contributed by atoms with Crippen LogP contribution in [0.2, 0.25) is 0 Å². The van der Waals surface area contributed by atoms with Crippen molar-refractivity contribution < 1.29 is 9.53 Å². The van der Waals surface area contributed by atoms with Gasteiger partial charge in [-0.3, -0.25) is 4.79 Å². The third-order valence-corrected chi connectivity index (χ3v) is 2.79. The van der Waals surface area contributed by atoms with Gasteiger partial charge < -0.3 is 4.74 Å². The Morgan fingerprint density at radius 3 is 2.59 bits per heavy atom. The van der Waals surface area contributed by atoms with Crippen LogP contribution in [-0.2, 0) is 14.9 Å². The molecule has 1 rings (SSSR count). The first-order chi connectivity index (χ1) is 8.12. The lowest BCUT2D eigenvalue weighted by Gasteiger charge is -2.21. The molecule has 1 aromatic rings. The van der Waals surface area contributed by atoms with Crippen LogP contribution in [0.15, 0.2) is 30.3 Å². The van der Waals surface area contributed by atoms with Gasteiger partial charge in [0.05, 0.1) is 18.1 Å². The Morgan fingerprint density at radius 2 is 2.06 bits per heavy atom. The summed E-state index contributed by atoms with van der Waals surface area (Å²) in [4.78, 5) is 11.3. The molecule has 0 aliphatic rings. The number of hydrogen-bond acceptors (Lipinski definition) is 3. The van der Waals surface area contributed by atoms with E-state index in [1.54, 1.807) is 6.92 Å². The Balaban J connectivity index is 2.71. The molecule has 0 radical (unpaired) electrons. The van der Waals surface area contributed by atoms with Crippen molar-refractivity contribution in [1.29, 1.82) is 5.26 Å². The molecule has 0 unspecified atom stereocenters. The van der Waals surface area contributed by atoms with E-state index in [2.05, 4.69) is 6.07 Å². The Kier molecular flexibility index (Phi) is 4.71. The maximum absolute atomic E-state index is 11.3. The van der Waals surface area contributed by atoms with E-state index in [4.69, 9.17) is 4.74 Å². The van der Waals surface area contributed by atoms with E-state index in [-0.39, 0.29) is 12.4 Å². The highest BCUT2D eigenvalue weighted by Gasteiger charge is 2.27. The van der Waals surface area contributed by atoms with Crippen molar-refractivity contribution in [1.82, 2.24) is 0 Å². The van der Waals surface area contributed by atoms with Crippen LogP contribution in [0.25, 0.3) is 0 Å². The fourth-order valence-corrected chi connectivity index (χ4v) is 1.66. The van der Waals surface area contributed by atoms with Crippen LogP contribution in [-0.4, -0.2) is 12.6 Å². The van der Waals surface area contributed by atoms with E-state index in [0.29, 0.717) is 13.0 Å². The van der Waals surface area contributed by atoms with Gasteiger partial charge in [0, 0.05) is 6.42 Å². The van der Waals surface area contributed by atoms with Gasteiger partial charge in [-0.25, -0.2) is 0 Å². The minimum absolute atomic E-state index is 0.245. The van der Waals surface area contributed by atoms with Crippen LogP contribution in [0.1, 0.15) is 32.3 Å². The summed E-state index contributed by atoms with van der Waals surface area (Å²) in [5.41, 5.74) is 0.306. The maximum atomic E-state index is 11.3. The fourth-order valence-electron chi connectivity index (χ4n) is 1.66. The fraction of sp³-hybridized carbons (Fsp3) is 0.429. The van der Waals surface area contributed by atoms with Gasteiger partial charge in [-0.05, 0) is 25.8 Å². The van der Waals surface area contributed by atoms with Gasteiger partial charge in [0.25, 0.3) is 0 Å². The lowest BCUT2D eigenvalue weighted by atomic mass is 9.80. The second-order valence-electron chi connectivity index (χ2n) is 4.11. The van der Waals surface area contributed by atoms with Gasteiger partial charge in [0.15, 0.2) is 0 Å². The second kappa shape index (κ2) is 6.05. The number of nitrogens with zero attached hydrogens (tertiary/aromatic N) is 1. The largest absolute Gasteiger partial charge is 0.466 e. The molecule has 1 atom stereocenters. The monoisotopic (exact) mass is 231 g/mol. The number of ether oxygens (including phenoxy) is 1. The lowest BCUT2D eigenvalue weighted by Crippen LogP contribution is -2.21. The van der Waals surface area contributed by atoms with Crippen molar-refractivity contribution in [2.75, 3.05) is 6.61 Å². The highest BCUT2D eigenvalue weighted by molar-refractivity contribution is 5.69. The molecule has 0 aliphatic carbocycles. The zero-order valence-electron chi connectivity index (χ0n) is 10.3. The number of carbonyl (C=O) groups is 1. The SMILES string of the molecule is CCOC(=O)CC[C@](C)(C#N)c1ccccc1. The molecule has 3 heteroatoms. The molecule has 0 aromatic heterocycles. The minimum Gasteiger partial charge on any atom is -0.466 e. The topological polar surface area (TPSA) is 50.1 Å². The molecule has 90 valence electrons. The summed E-state index contributed by atoms with van der Waals surface area (Å²) in [5, 5.41) is 9.28. The molecule has 0 aliphatic heterocycles. The molecule has 0 heterocycles. The van der Waals surface area contributed by atoms with Gasteiger partial charge in [0.2, 0.25) is 0 Å². The first kappa shape index (κ1) is 13.2. The molecule has 0 saturated heterocycles. The summed E-state index contributed by atoms with van der Waals surface area (Å²) in [6, 6.07) is 11.8. The summed E-state index contributed by atoms with van der Waals surface area (Å²) in [6.45, 7) is 4.01. The first-order valence-electron chi connectivity index (χ1n) is 5.75. The van der Waals surface area contributed by atoms with E-state index in [0.717, 1.165) is 5.56 Å². The molecular weight excluding hydrogens is 214 g/mol. The highest BCUT2D eigenvalue weighted by atomic mass is 16.5. The summed E-state index contributed by atoms with van der Waals surface area (Å²) >= 11 is 0. The smallest absolute Gasteiger partial charge is 0.305 e.